The molecule has 194 valence electrons. The predicted octanol–water partition coefficient (Wildman–Crippen LogP) is 4.59. The van der Waals surface area contributed by atoms with E-state index >= 15 is 0 Å². The average molecular weight is 525 g/mol. The van der Waals surface area contributed by atoms with Crippen molar-refractivity contribution < 1.29 is 18.3 Å². The molecule has 2 heterocycles. The van der Waals surface area contributed by atoms with Crippen LogP contribution in [0.3, 0.4) is 0 Å². The van der Waals surface area contributed by atoms with Gasteiger partial charge in [0, 0.05) is 12.1 Å². The van der Waals surface area contributed by atoms with Crippen LogP contribution >= 0.6 is 11.8 Å². The third kappa shape index (κ3) is 5.82. The second-order valence-electron chi connectivity index (χ2n) is 10.2. The number of anilines is 1. The molecule has 4 aliphatic rings. The summed E-state index contributed by atoms with van der Waals surface area (Å²) < 4.78 is 24.1. The molecule has 0 radical (unpaired) electrons. The van der Waals surface area contributed by atoms with Crippen LogP contribution in [0.2, 0.25) is 0 Å². The maximum atomic E-state index is 13.0. The van der Waals surface area contributed by atoms with E-state index in [2.05, 4.69) is 31.0 Å². The lowest BCUT2D eigenvalue weighted by molar-refractivity contribution is -0.122. The second kappa shape index (κ2) is 10.6. The Morgan fingerprint density at radius 3 is 2.65 bits per heavy atom. The normalized spacial score (nSPS) is 26.0. The molecule has 0 saturated heterocycles. The second-order valence-corrected chi connectivity index (χ2v) is 11.2. The third-order valence-corrected chi connectivity index (χ3v) is 8.46. The van der Waals surface area contributed by atoms with Crippen molar-refractivity contribution in [2.45, 2.75) is 49.9 Å². The number of H-pyrrole nitrogens is 1. The first-order chi connectivity index (χ1) is 18.1. The Morgan fingerprint density at radius 2 is 1.89 bits per heavy atom. The number of nitrogens with zero attached hydrogens (tertiary/aromatic N) is 3. The lowest BCUT2D eigenvalue weighted by atomic mass is 9.54. The van der Waals surface area contributed by atoms with E-state index in [9.17, 15) is 9.18 Å². The highest BCUT2D eigenvalue weighted by molar-refractivity contribution is 7.99. The van der Waals surface area contributed by atoms with E-state index in [0.717, 1.165) is 17.4 Å². The number of aromatic amines is 1. The Balaban J connectivity index is 0.930. The number of carbonyl (C=O) groups is 1. The van der Waals surface area contributed by atoms with Crippen LogP contribution in [0.25, 0.3) is 0 Å². The molecule has 4 aliphatic carbocycles. The molecule has 7 rings (SSSR count). The number of aromatic nitrogens is 3. The summed E-state index contributed by atoms with van der Waals surface area (Å²) in [5.41, 5.74) is 3.60. The van der Waals surface area contributed by atoms with Gasteiger partial charge in [-0.05, 0) is 79.5 Å². The fourth-order valence-electron chi connectivity index (χ4n) is 6.25. The number of carbonyl (C=O) groups excluding carboxylic acids is 1. The third-order valence-electron chi connectivity index (χ3n) is 7.61. The summed E-state index contributed by atoms with van der Waals surface area (Å²) >= 11 is 1.30. The van der Waals surface area contributed by atoms with Crippen molar-refractivity contribution in [2.75, 3.05) is 11.2 Å². The lowest BCUT2D eigenvalue weighted by Crippen LogP contribution is -2.56. The number of benzene rings is 1. The highest BCUT2D eigenvalue weighted by Crippen LogP contribution is 2.53. The van der Waals surface area contributed by atoms with E-state index in [1.165, 1.54) is 62.2 Å². The quantitative estimate of drug-likeness (QED) is 0.202. The highest BCUT2D eigenvalue weighted by Gasteiger charge is 2.48. The minimum atomic E-state index is -0.289. The molecule has 9 nitrogen and oxygen atoms in total. The molecule has 11 heteroatoms. The Morgan fingerprint density at radius 1 is 1.14 bits per heavy atom. The summed E-state index contributed by atoms with van der Waals surface area (Å²) in [7, 11) is 0. The van der Waals surface area contributed by atoms with E-state index < -0.39 is 0 Å². The number of hydrogen-bond acceptors (Lipinski definition) is 8. The molecular formula is C26H29FN6O3S. The summed E-state index contributed by atoms with van der Waals surface area (Å²) in [5.74, 6) is 4.33. The van der Waals surface area contributed by atoms with Crippen molar-refractivity contribution in [2.24, 2.45) is 28.8 Å². The molecule has 0 unspecified atom stereocenters. The van der Waals surface area contributed by atoms with E-state index in [4.69, 9.17) is 9.15 Å². The molecule has 4 saturated carbocycles. The van der Waals surface area contributed by atoms with Gasteiger partial charge in [-0.25, -0.2) is 14.9 Å². The van der Waals surface area contributed by atoms with E-state index in [0.29, 0.717) is 40.7 Å². The van der Waals surface area contributed by atoms with Crippen LogP contribution in [0.5, 0.6) is 5.95 Å². The van der Waals surface area contributed by atoms with Gasteiger partial charge < -0.3 is 14.5 Å². The lowest BCUT2D eigenvalue weighted by Gasteiger charge is -2.54. The molecule has 1 aromatic carbocycles. The van der Waals surface area contributed by atoms with Gasteiger partial charge in [-0.1, -0.05) is 23.9 Å². The molecular weight excluding hydrogens is 495 g/mol. The van der Waals surface area contributed by atoms with E-state index in [-0.39, 0.29) is 24.1 Å². The first-order valence-electron chi connectivity index (χ1n) is 12.7. The number of halogens is 1. The molecule has 3 N–H and O–H groups in total. The zero-order valence-corrected chi connectivity index (χ0v) is 21.0. The molecule has 0 aliphatic heterocycles. The number of rotatable bonds is 10. The molecule has 4 bridgehead atoms. The van der Waals surface area contributed by atoms with Crippen LogP contribution in [-0.2, 0) is 11.4 Å². The SMILES string of the molecule is O=C(CSc1n[nH]c(N/N=C\c2ccc(OCc3ccc(F)cc3)o2)n1)NC1C2CC3CC(C2)CC1C3. The molecule has 4 fully saturated rings. The highest BCUT2D eigenvalue weighted by atomic mass is 32.2. The van der Waals surface area contributed by atoms with Crippen molar-refractivity contribution >= 4 is 29.8 Å². The van der Waals surface area contributed by atoms with Crippen molar-refractivity contribution in [1.29, 1.82) is 0 Å². The monoisotopic (exact) mass is 524 g/mol. The van der Waals surface area contributed by atoms with Crippen molar-refractivity contribution in [3.8, 4) is 5.95 Å². The maximum absolute atomic E-state index is 13.0. The number of ether oxygens (including phenoxy) is 1. The zero-order valence-electron chi connectivity index (χ0n) is 20.2. The number of thioether (sulfide) groups is 1. The van der Waals surface area contributed by atoms with Gasteiger partial charge in [0.05, 0.1) is 12.0 Å². The Kier molecular flexibility index (Phi) is 6.86. The first-order valence-corrected chi connectivity index (χ1v) is 13.7. The predicted molar refractivity (Wildman–Crippen MR) is 137 cm³/mol. The van der Waals surface area contributed by atoms with Gasteiger partial charge in [0.1, 0.15) is 12.4 Å². The maximum Gasteiger partial charge on any atom is 0.285 e. The average Bonchev–Trinajstić information content (AvgIpc) is 3.54. The summed E-state index contributed by atoms with van der Waals surface area (Å²) in [6.07, 6.45) is 8.02. The summed E-state index contributed by atoms with van der Waals surface area (Å²) in [5, 5.41) is 14.8. The number of hydrazone groups is 1. The number of furan rings is 1. The molecule has 2 aromatic heterocycles. The number of nitrogens with one attached hydrogen (secondary N) is 3. The van der Waals surface area contributed by atoms with Crippen molar-refractivity contribution in [3.05, 3.63) is 53.5 Å². The summed E-state index contributed by atoms with van der Waals surface area (Å²) in [6.45, 7) is 0.266. The molecule has 1 amide bonds. The molecule has 0 atom stereocenters. The summed E-state index contributed by atoms with van der Waals surface area (Å²) in [4.78, 5) is 16.9. The van der Waals surface area contributed by atoms with Gasteiger partial charge in [-0.2, -0.15) is 10.1 Å². The first kappa shape index (κ1) is 24.0. The minimum absolute atomic E-state index is 0.0510. The Labute approximate surface area is 218 Å². The van der Waals surface area contributed by atoms with E-state index in [1.54, 1.807) is 24.3 Å². The van der Waals surface area contributed by atoms with Crippen molar-refractivity contribution in [3.63, 3.8) is 0 Å². The van der Waals surface area contributed by atoms with Crippen LogP contribution in [0, 0.1) is 29.5 Å². The number of hydrogen-bond donors (Lipinski definition) is 3. The zero-order chi connectivity index (χ0) is 25.2. The molecule has 3 aromatic rings. The van der Waals surface area contributed by atoms with Gasteiger partial charge in [-0.15, -0.1) is 5.10 Å². The van der Waals surface area contributed by atoms with Gasteiger partial charge >= 0.3 is 0 Å². The Bertz CT molecular complexity index is 1230. The molecule has 0 spiro atoms. The van der Waals surface area contributed by atoms with Gasteiger partial charge in [-0.3, -0.25) is 4.79 Å². The fraction of sp³-hybridized carbons (Fsp3) is 0.462. The van der Waals surface area contributed by atoms with Crippen molar-refractivity contribution in [1.82, 2.24) is 20.5 Å². The van der Waals surface area contributed by atoms with Crippen LogP contribution in [-0.4, -0.2) is 39.1 Å². The van der Waals surface area contributed by atoms with Crippen LogP contribution in [0.15, 0.2) is 51.1 Å². The van der Waals surface area contributed by atoms with Gasteiger partial charge in [0.2, 0.25) is 17.0 Å². The van der Waals surface area contributed by atoms with Gasteiger partial charge in [0.15, 0.2) is 5.76 Å². The standard InChI is InChI=1S/C26H29FN6O3S/c27-20-3-1-15(2-4-20)13-35-23-6-5-21(36-23)12-28-31-25-30-26(33-32-25)37-14-22(34)29-24-18-8-16-7-17(10-18)11-19(24)9-16/h1-6,12,16-19,24H,7-11,13-14H2,(H,29,34)(H2,30,31,32,33)/b28-12-. The van der Waals surface area contributed by atoms with E-state index in [1.807, 2.05) is 0 Å². The topological polar surface area (TPSA) is 117 Å². The fourth-order valence-corrected chi connectivity index (χ4v) is 6.86. The largest absolute Gasteiger partial charge is 0.460 e. The number of amides is 1. The smallest absolute Gasteiger partial charge is 0.285 e. The van der Waals surface area contributed by atoms with Crippen LogP contribution in [0.4, 0.5) is 10.3 Å². The Hall–Kier alpha value is -3.34. The minimum Gasteiger partial charge on any atom is -0.460 e. The van der Waals surface area contributed by atoms with Gasteiger partial charge in [0.25, 0.3) is 5.95 Å². The summed E-state index contributed by atoms with van der Waals surface area (Å²) in [6, 6.07) is 9.83. The van der Waals surface area contributed by atoms with Crippen LogP contribution in [0.1, 0.15) is 43.4 Å². The van der Waals surface area contributed by atoms with Crippen LogP contribution < -0.4 is 15.5 Å². The molecule has 37 heavy (non-hydrogen) atoms.